The summed E-state index contributed by atoms with van der Waals surface area (Å²) < 4.78 is 0. The number of aliphatic hydroxyl groups is 1. The summed E-state index contributed by atoms with van der Waals surface area (Å²) in [6, 6.07) is 20.7. The number of likely N-dealkylation sites (tertiary alicyclic amines) is 2. The van der Waals surface area contributed by atoms with Gasteiger partial charge in [0, 0.05) is 38.6 Å². The summed E-state index contributed by atoms with van der Waals surface area (Å²) in [6.45, 7) is 8.40. The van der Waals surface area contributed by atoms with Crippen LogP contribution in [0.4, 0.5) is 0 Å². The Balaban J connectivity index is 1.35. The topological polar surface area (TPSA) is 64.0 Å². The molecule has 0 unspecified atom stereocenters. The Morgan fingerprint density at radius 3 is 2.23 bits per heavy atom. The van der Waals surface area contributed by atoms with Crippen LogP contribution in [0.15, 0.2) is 60.7 Å². The van der Waals surface area contributed by atoms with Gasteiger partial charge in [0.15, 0.2) is 0 Å². The molecule has 3 atom stereocenters. The minimum atomic E-state index is -0.717. The van der Waals surface area contributed by atoms with Crippen molar-refractivity contribution in [3.63, 3.8) is 0 Å². The van der Waals surface area contributed by atoms with Gasteiger partial charge in [-0.25, -0.2) is 0 Å². The maximum Gasteiger partial charge on any atom is 0.321 e. The minimum absolute atomic E-state index is 0.0727. The van der Waals surface area contributed by atoms with Gasteiger partial charge >= 0.3 is 5.97 Å². The summed E-state index contributed by atoms with van der Waals surface area (Å²) in [6.07, 6.45) is 4.52. The Morgan fingerprint density at radius 1 is 1.00 bits per heavy atom. The lowest BCUT2D eigenvalue weighted by molar-refractivity contribution is -0.144. The summed E-state index contributed by atoms with van der Waals surface area (Å²) >= 11 is 0. The van der Waals surface area contributed by atoms with E-state index in [4.69, 9.17) is 0 Å². The van der Waals surface area contributed by atoms with Crippen molar-refractivity contribution in [1.29, 1.82) is 0 Å². The second kappa shape index (κ2) is 11.7. The molecule has 4 rings (SSSR count). The van der Waals surface area contributed by atoms with E-state index in [-0.39, 0.29) is 5.92 Å². The normalized spacial score (nSPS) is 24.0. The van der Waals surface area contributed by atoms with Crippen molar-refractivity contribution < 1.29 is 15.0 Å². The molecule has 2 aromatic carbocycles. The largest absolute Gasteiger partial charge is 0.480 e. The van der Waals surface area contributed by atoms with E-state index >= 15 is 0 Å². The highest BCUT2D eigenvalue weighted by Crippen LogP contribution is 2.37. The van der Waals surface area contributed by atoms with Crippen molar-refractivity contribution in [2.45, 2.75) is 63.5 Å². The second-order valence-electron chi connectivity index (χ2n) is 11.1. The smallest absolute Gasteiger partial charge is 0.321 e. The number of carboxylic acids is 1. The van der Waals surface area contributed by atoms with Gasteiger partial charge in [0.2, 0.25) is 0 Å². The van der Waals surface area contributed by atoms with Crippen LogP contribution in [-0.2, 0) is 11.2 Å². The second-order valence-corrected chi connectivity index (χ2v) is 11.1. The Morgan fingerprint density at radius 2 is 1.63 bits per heavy atom. The average Bonchev–Trinajstić information content (AvgIpc) is 3.24. The van der Waals surface area contributed by atoms with Gasteiger partial charge in [0.25, 0.3) is 0 Å². The van der Waals surface area contributed by atoms with E-state index in [1.165, 1.54) is 11.1 Å². The van der Waals surface area contributed by atoms with Gasteiger partial charge in [0.1, 0.15) is 6.04 Å². The number of piperidine rings is 1. The van der Waals surface area contributed by atoms with Gasteiger partial charge in [-0.15, -0.1) is 0 Å². The van der Waals surface area contributed by atoms with Crippen molar-refractivity contribution in [2.24, 2.45) is 11.8 Å². The van der Waals surface area contributed by atoms with Crippen molar-refractivity contribution >= 4 is 5.97 Å². The van der Waals surface area contributed by atoms with Crippen molar-refractivity contribution in [3.05, 3.63) is 71.8 Å². The molecule has 0 spiro atoms. The molecular weight excluding hydrogens is 436 g/mol. The Hall–Kier alpha value is -2.21. The summed E-state index contributed by atoms with van der Waals surface area (Å²) in [4.78, 5) is 16.7. The summed E-state index contributed by atoms with van der Waals surface area (Å²) in [5.74, 6) is 0.0836. The fraction of sp³-hybridized carbons (Fsp3) is 0.567. The van der Waals surface area contributed by atoms with Crippen molar-refractivity contribution in [2.75, 3.05) is 32.7 Å². The first-order valence-electron chi connectivity index (χ1n) is 13.3. The fourth-order valence-electron chi connectivity index (χ4n) is 6.26. The SMILES string of the molecule is CC(C)[C@H](C(=O)O)N1C[C@H](CN2CCC(O)(CCCc3ccccc3)CC2)[C@@H](c2ccccc2)C1. The standard InChI is InChI=1S/C30H42N2O3/c1-23(2)28(29(33)34)32-21-26(27(22-32)25-13-7-4-8-14-25)20-31-18-16-30(35,17-19-31)15-9-12-24-10-5-3-6-11-24/h3-8,10-11,13-14,23,26-28,35H,9,12,15-22H2,1-2H3,(H,33,34)/t26-,27+,28+/m0/s1. The number of rotatable bonds is 10. The number of hydrogen-bond donors (Lipinski definition) is 2. The van der Waals surface area contributed by atoms with E-state index in [2.05, 4.69) is 58.3 Å². The van der Waals surface area contributed by atoms with E-state index in [9.17, 15) is 15.0 Å². The zero-order valence-corrected chi connectivity index (χ0v) is 21.4. The van der Waals surface area contributed by atoms with Crippen molar-refractivity contribution in [3.8, 4) is 0 Å². The Labute approximate surface area is 210 Å². The maximum atomic E-state index is 12.0. The highest BCUT2D eigenvalue weighted by molar-refractivity contribution is 5.73. The first-order valence-corrected chi connectivity index (χ1v) is 13.3. The number of aryl methyl sites for hydroxylation is 1. The van der Waals surface area contributed by atoms with Crippen molar-refractivity contribution in [1.82, 2.24) is 9.80 Å². The molecule has 2 N–H and O–H groups in total. The molecule has 35 heavy (non-hydrogen) atoms. The monoisotopic (exact) mass is 478 g/mol. The predicted molar refractivity (Wildman–Crippen MR) is 141 cm³/mol. The molecule has 2 fully saturated rings. The van der Waals surface area contributed by atoms with Crippen LogP contribution in [0.1, 0.15) is 56.6 Å². The Bertz CT molecular complexity index is 925. The average molecular weight is 479 g/mol. The first kappa shape index (κ1) is 25.9. The van der Waals surface area contributed by atoms with Crippen LogP contribution in [0, 0.1) is 11.8 Å². The lowest BCUT2D eigenvalue weighted by atomic mass is 9.84. The van der Waals surface area contributed by atoms with E-state index in [0.29, 0.717) is 11.8 Å². The molecule has 2 heterocycles. The van der Waals surface area contributed by atoms with Crippen LogP contribution in [0.5, 0.6) is 0 Å². The van der Waals surface area contributed by atoms with Gasteiger partial charge in [-0.3, -0.25) is 9.69 Å². The third-order valence-electron chi connectivity index (χ3n) is 8.20. The summed E-state index contributed by atoms with van der Waals surface area (Å²) in [5.41, 5.74) is 2.09. The van der Waals surface area contributed by atoms with Crippen LogP contribution < -0.4 is 0 Å². The number of aliphatic carboxylic acids is 1. The third-order valence-corrected chi connectivity index (χ3v) is 8.20. The molecule has 2 saturated heterocycles. The zero-order chi connectivity index (χ0) is 24.8. The molecule has 0 radical (unpaired) electrons. The van der Waals surface area contributed by atoms with Gasteiger partial charge in [0.05, 0.1) is 5.60 Å². The van der Waals surface area contributed by atoms with Crippen LogP contribution in [0.25, 0.3) is 0 Å². The van der Waals surface area contributed by atoms with Gasteiger partial charge in [-0.2, -0.15) is 0 Å². The van der Waals surface area contributed by atoms with E-state index in [1.54, 1.807) is 0 Å². The summed E-state index contributed by atoms with van der Waals surface area (Å²) in [7, 11) is 0. The molecule has 2 aromatic rings. The van der Waals surface area contributed by atoms with E-state index in [1.807, 2.05) is 26.0 Å². The zero-order valence-electron chi connectivity index (χ0n) is 21.4. The van der Waals surface area contributed by atoms with Gasteiger partial charge in [-0.1, -0.05) is 74.5 Å². The van der Waals surface area contributed by atoms with Crippen LogP contribution >= 0.6 is 0 Å². The van der Waals surface area contributed by atoms with E-state index < -0.39 is 17.6 Å². The Kier molecular flexibility index (Phi) is 8.64. The molecule has 2 aliphatic heterocycles. The molecule has 0 aliphatic carbocycles. The van der Waals surface area contributed by atoms with Crippen LogP contribution in [0.2, 0.25) is 0 Å². The number of nitrogens with zero attached hydrogens (tertiary/aromatic N) is 2. The maximum absolute atomic E-state index is 12.0. The lowest BCUT2D eigenvalue weighted by Crippen LogP contribution is -2.47. The molecule has 2 aliphatic rings. The highest BCUT2D eigenvalue weighted by Gasteiger charge is 2.42. The molecule has 0 saturated carbocycles. The van der Waals surface area contributed by atoms with Gasteiger partial charge < -0.3 is 15.1 Å². The summed E-state index contributed by atoms with van der Waals surface area (Å²) in [5, 5.41) is 21.1. The highest BCUT2D eigenvalue weighted by atomic mass is 16.4. The fourth-order valence-corrected chi connectivity index (χ4v) is 6.26. The molecule has 5 heteroatoms. The molecule has 0 amide bonds. The molecule has 0 bridgehead atoms. The predicted octanol–water partition coefficient (Wildman–Crippen LogP) is 4.66. The number of carboxylic acid groups (broad SMARTS) is 1. The molecule has 5 nitrogen and oxygen atoms in total. The quantitative estimate of drug-likeness (QED) is 0.520. The first-order chi connectivity index (χ1) is 16.8. The van der Waals surface area contributed by atoms with Crippen LogP contribution in [-0.4, -0.2) is 70.3 Å². The third kappa shape index (κ3) is 6.72. The molecular formula is C30H42N2O3. The van der Waals surface area contributed by atoms with Crippen LogP contribution in [0.3, 0.4) is 0 Å². The van der Waals surface area contributed by atoms with Gasteiger partial charge in [-0.05, 0) is 55.1 Å². The minimum Gasteiger partial charge on any atom is -0.480 e. The molecule has 190 valence electrons. The molecule has 0 aromatic heterocycles. The number of hydrogen-bond acceptors (Lipinski definition) is 4. The number of carbonyl (C=O) groups is 1. The van der Waals surface area contributed by atoms with E-state index in [0.717, 1.165) is 64.8 Å². The number of benzene rings is 2. The lowest BCUT2D eigenvalue weighted by Gasteiger charge is -2.40.